The fraction of sp³-hybridized carbons (Fsp3) is 0.579. The smallest absolute Gasteiger partial charge is 0.346 e. The Morgan fingerprint density at radius 1 is 1.21 bits per heavy atom. The van der Waals surface area contributed by atoms with Gasteiger partial charge < -0.3 is 19.5 Å². The first-order valence-corrected chi connectivity index (χ1v) is 9.46. The second-order valence-corrected chi connectivity index (χ2v) is 7.19. The number of hydrogen-bond acceptors (Lipinski definition) is 7. The minimum absolute atomic E-state index is 0.0473. The molecule has 9 nitrogen and oxygen atoms in total. The summed E-state index contributed by atoms with van der Waals surface area (Å²) < 4.78 is 15.9. The van der Waals surface area contributed by atoms with Gasteiger partial charge in [-0.2, -0.15) is 0 Å². The van der Waals surface area contributed by atoms with Gasteiger partial charge in [0.15, 0.2) is 17.6 Å². The maximum Gasteiger partial charge on any atom is 0.346 e. The SMILES string of the molecule is C[C@@H]1CCCC[C@@H]1NC(=O)[C@@H](C)OC(=O)c1cc2c(cc1[N+](=O)[O-])OCCO2. The van der Waals surface area contributed by atoms with E-state index in [0.717, 1.165) is 31.7 Å². The fourth-order valence-electron chi connectivity index (χ4n) is 3.50. The van der Waals surface area contributed by atoms with E-state index >= 15 is 0 Å². The van der Waals surface area contributed by atoms with Crippen molar-refractivity contribution in [1.82, 2.24) is 5.32 Å². The minimum atomic E-state index is -1.07. The van der Waals surface area contributed by atoms with Crippen LogP contribution in [-0.2, 0) is 9.53 Å². The van der Waals surface area contributed by atoms with Crippen LogP contribution >= 0.6 is 0 Å². The molecule has 1 aliphatic carbocycles. The molecule has 1 N–H and O–H groups in total. The third-order valence-corrected chi connectivity index (χ3v) is 5.17. The molecule has 0 spiro atoms. The first-order valence-electron chi connectivity index (χ1n) is 9.46. The number of fused-ring (bicyclic) bond motifs is 1. The number of carbonyl (C=O) groups excluding carboxylic acids is 2. The summed E-state index contributed by atoms with van der Waals surface area (Å²) in [6.45, 7) is 4.08. The molecular weight excluding hydrogens is 368 g/mol. The topological polar surface area (TPSA) is 117 Å². The third-order valence-electron chi connectivity index (χ3n) is 5.17. The van der Waals surface area contributed by atoms with Crippen molar-refractivity contribution >= 4 is 17.6 Å². The molecule has 1 aromatic rings. The van der Waals surface area contributed by atoms with Gasteiger partial charge in [-0.15, -0.1) is 0 Å². The van der Waals surface area contributed by atoms with Crippen molar-refractivity contribution in [3.63, 3.8) is 0 Å². The standard InChI is InChI=1S/C19H24N2O7/c1-11-5-3-4-6-14(11)20-18(22)12(2)28-19(23)13-9-16-17(27-8-7-26-16)10-15(13)21(24)25/h9-12,14H,3-8H2,1-2H3,(H,20,22)/t11-,12-,14+/m1/s1. The summed E-state index contributed by atoms with van der Waals surface area (Å²) in [4.78, 5) is 35.6. The predicted molar refractivity (Wildman–Crippen MR) is 98.5 cm³/mol. The second kappa shape index (κ2) is 8.45. The average molecular weight is 392 g/mol. The van der Waals surface area contributed by atoms with Gasteiger partial charge in [-0.25, -0.2) is 4.79 Å². The highest BCUT2D eigenvalue weighted by Crippen LogP contribution is 2.37. The third kappa shape index (κ3) is 4.35. The molecular formula is C19H24N2O7. The molecule has 1 saturated carbocycles. The minimum Gasteiger partial charge on any atom is -0.486 e. The van der Waals surface area contributed by atoms with Crippen molar-refractivity contribution in [3.8, 4) is 11.5 Å². The van der Waals surface area contributed by atoms with E-state index in [4.69, 9.17) is 14.2 Å². The molecule has 1 fully saturated rings. The molecule has 0 unspecified atom stereocenters. The van der Waals surface area contributed by atoms with Crippen LogP contribution in [0.25, 0.3) is 0 Å². The first kappa shape index (κ1) is 19.9. The van der Waals surface area contributed by atoms with Crippen LogP contribution in [0.2, 0.25) is 0 Å². The maximum absolute atomic E-state index is 12.5. The van der Waals surface area contributed by atoms with Crippen LogP contribution in [0.5, 0.6) is 11.5 Å². The number of nitrogens with one attached hydrogen (secondary N) is 1. The zero-order valence-electron chi connectivity index (χ0n) is 15.9. The molecule has 9 heteroatoms. The Bertz CT molecular complexity index is 780. The summed E-state index contributed by atoms with van der Waals surface area (Å²) in [6.07, 6.45) is 3.05. The van der Waals surface area contributed by atoms with Gasteiger partial charge in [0.2, 0.25) is 0 Å². The maximum atomic E-state index is 12.5. The van der Waals surface area contributed by atoms with Crippen molar-refractivity contribution in [2.24, 2.45) is 5.92 Å². The average Bonchev–Trinajstić information content (AvgIpc) is 2.68. The lowest BCUT2D eigenvalue weighted by Gasteiger charge is -2.30. The number of nitro groups is 1. The number of nitro benzene ring substituents is 1. The van der Waals surface area contributed by atoms with Gasteiger partial charge >= 0.3 is 5.97 Å². The number of carbonyl (C=O) groups is 2. The van der Waals surface area contributed by atoms with E-state index in [1.165, 1.54) is 13.0 Å². The molecule has 28 heavy (non-hydrogen) atoms. The Balaban J connectivity index is 1.71. The molecule has 3 rings (SSSR count). The molecule has 3 atom stereocenters. The van der Waals surface area contributed by atoms with Crippen LogP contribution in [0.1, 0.15) is 49.9 Å². The van der Waals surface area contributed by atoms with Crippen LogP contribution in [0, 0.1) is 16.0 Å². The lowest BCUT2D eigenvalue weighted by atomic mass is 9.86. The van der Waals surface area contributed by atoms with E-state index in [-0.39, 0.29) is 36.3 Å². The Hall–Kier alpha value is -2.84. The van der Waals surface area contributed by atoms with E-state index < -0.39 is 28.6 Å². The van der Waals surface area contributed by atoms with Crippen molar-refractivity contribution in [1.29, 1.82) is 0 Å². The van der Waals surface area contributed by atoms with Gasteiger partial charge in [0.05, 0.1) is 11.0 Å². The van der Waals surface area contributed by atoms with Crippen LogP contribution < -0.4 is 14.8 Å². The van der Waals surface area contributed by atoms with Crippen molar-refractivity contribution in [2.75, 3.05) is 13.2 Å². The van der Waals surface area contributed by atoms with E-state index in [2.05, 4.69) is 12.2 Å². The predicted octanol–water partition coefficient (Wildman–Crippen LogP) is 2.61. The molecule has 0 radical (unpaired) electrons. The highest BCUT2D eigenvalue weighted by molar-refractivity contribution is 5.96. The molecule has 2 aliphatic rings. The Morgan fingerprint density at radius 3 is 2.50 bits per heavy atom. The van der Waals surface area contributed by atoms with Gasteiger partial charge in [-0.05, 0) is 25.7 Å². The summed E-state index contributed by atoms with van der Waals surface area (Å²) in [5.41, 5.74) is -0.734. The molecule has 152 valence electrons. The van der Waals surface area contributed by atoms with Crippen molar-refractivity contribution in [3.05, 3.63) is 27.8 Å². The number of amides is 1. The largest absolute Gasteiger partial charge is 0.486 e. The number of rotatable bonds is 5. The summed E-state index contributed by atoms with van der Waals surface area (Å²) >= 11 is 0. The Morgan fingerprint density at radius 2 is 1.86 bits per heavy atom. The van der Waals surface area contributed by atoms with Crippen LogP contribution in [0.4, 0.5) is 5.69 Å². The van der Waals surface area contributed by atoms with Crippen molar-refractivity contribution in [2.45, 2.75) is 51.7 Å². The van der Waals surface area contributed by atoms with Gasteiger partial charge in [-0.1, -0.05) is 19.8 Å². The van der Waals surface area contributed by atoms with Gasteiger partial charge in [0.25, 0.3) is 11.6 Å². The molecule has 0 aromatic heterocycles. The number of benzene rings is 1. The van der Waals surface area contributed by atoms with Gasteiger partial charge in [0.1, 0.15) is 18.8 Å². The molecule has 0 bridgehead atoms. The molecule has 0 saturated heterocycles. The zero-order chi connectivity index (χ0) is 20.3. The summed E-state index contributed by atoms with van der Waals surface area (Å²) in [6, 6.07) is 2.41. The number of nitrogens with zero attached hydrogens (tertiary/aromatic N) is 1. The van der Waals surface area contributed by atoms with Crippen LogP contribution in [0.15, 0.2) is 12.1 Å². The second-order valence-electron chi connectivity index (χ2n) is 7.19. The lowest BCUT2D eigenvalue weighted by Crippen LogP contribution is -2.46. The summed E-state index contributed by atoms with van der Waals surface area (Å²) in [5, 5.41) is 14.3. The summed E-state index contributed by atoms with van der Waals surface area (Å²) in [7, 11) is 0. The molecule has 1 amide bonds. The fourth-order valence-corrected chi connectivity index (χ4v) is 3.50. The number of esters is 1. The van der Waals surface area contributed by atoms with E-state index in [9.17, 15) is 19.7 Å². The van der Waals surface area contributed by atoms with Crippen molar-refractivity contribution < 1.29 is 28.7 Å². The zero-order valence-corrected chi connectivity index (χ0v) is 15.9. The highest BCUT2D eigenvalue weighted by atomic mass is 16.6. The number of hydrogen-bond donors (Lipinski definition) is 1. The van der Waals surface area contributed by atoms with E-state index in [1.54, 1.807) is 0 Å². The quantitative estimate of drug-likeness (QED) is 0.465. The number of ether oxygens (including phenoxy) is 3. The Kier molecular flexibility index (Phi) is 6.01. The molecule has 1 aromatic carbocycles. The normalized spacial score (nSPS) is 22.1. The van der Waals surface area contributed by atoms with E-state index in [1.807, 2.05) is 0 Å². The van der Waals surface area contributed by atoms with Gasteiger partial charge in [0, 0.05) is 12.1 Å². The molecule has 1 heterocycles. The Labute approximate surface area is 162 Å². The first-order chi connectivity index (χ1) is 13.4. The van der Waals surface area contributed by atoms with Crippen LogP contribution in [-0.4, -0.2) is 42.2 Å². The van der Waals surface area contributed by atoms with E-state index in [0.29, 0.717) is 5.92 Å². The van der Waals surface area contributed by atoms with Gasteiger partial charge in [-0.3, -0.25) is 14.9 Å². The monoisotopic (exact) mass is 392 g/mol. The lowest BCUT2D eigenvalue weighted by molar-refractivity contribution is -0.385. The molecule has 1 aliphatic heterocycles. The highest BCUT2D eigenvalue weighted by Gasteiger charge is 2.31. The van der Waals surface area contributed by atoms with Crippen LogP contribution in [0.3, 0.4) is 0 Å². The summed E-state index contributed by atoms with van der Waals surface area (Å²) in [5.74, 6) is -0.571.